The second-order valence-electron chi connectivity index (χ2n) is 7.99. The summed E-state index contributed by atoms with van der Waals surface area (Å²) in [5.74, 6) is -0.290. The first-order chi connectivity index (χ1) is 16.5. The minimum absolute atomic E-state index is 0.0216. The maximum absolute atomic E-state index is 14.2. The van der Waals surface area contributed by atoms with E-state index in [4.69, 9.17) is 5.73 Å². The summed E-state index contributed by atoms with van der Waals surface area (Å²) >= 11 is 0. The van der Waals surface area contributed by atoms with Gasteiger partial charge in [-0.1, -0.05) is 18.2 Å². The molecule has 9 nitrogen and oxygen atoms in total. The molecular formula is C24H20FN9. The summed E-state index contributed by atoms with van der Waals surface area (Å²) in [5.41, 5.74) is 10.4. The molecule has 0 aliphatic carbocycles. The molecule has 0 unspecified atom stereocenters. The third-order valence-electron chi connectivity index (χ3n) is 5.45. The zero-order chi connectivity index (χ0) is 23.8. The van der Waals surface area contributed by atoms with Crippen LogP contribution in [0.2, 0.25) is 0 Å². The van der Waals surface area contributed by atoms with Gasteiger partial charge in [-0.3, -0.25) is 9.67 Å². The van der Waals surface area contributed by atoms with E-state index in [1.165, 1.54) is 23.1 Å². The summed E-state index contributed by atoms with van der Waals surface area (Å²) in [4.78, 5) is 10.1. The van der Waals surface area contributed by atoms with Gasteiger partial charge < -0.3 is 5.73 Å². The summed E-state index contributed by atoms with van der Waals surface area (Å²) in [6, 6.07) is 14.2. The fourth-order valence-corrected chi connectivity index (χ4v) is 3.92. The Labute approximate surface area is 194 Å². The minimum Gasteiger partial charge on any atom is -0.382 e. The predicted octanol–water partition coefficient (Wildman–Crippen LogP) is 3.97. The van der Waals surface area contributed by atoms with Gasteiger partial charge in [0.15, 0.2) is 11.3 Å². The van der Waals surface area contributed by atoms with Crippen LogP contribution in [0.5, 0.6) is 0 Å². The summed E-state index contributed by atoms with van der Waals surface area (Å²) in [6.07, 6.45) is 3.21. The number of nitrogens with two attached hydrogens (primary N) is 1. The molecule has 1 aromatic carbocycles. The summed E-state index contributed by atoms with van der Waals surface area (Å²) in [6.45, 7) is 4.05. The molecule has 0 bridgehead atoms. The molecule has 0 atom stereocenters. The van der Waals surface area contributed by atoms with Crippen molar-refractivity contribution in [3.05, 3.63) is 71.9 Å². The van der Waals surface area contributed by atoms with E-state index < -0.39 is 5.82 Å². The van der Waals surface area contributed by atoms with Crippen LogP contribution in [0.3, 0.4) is 0 Å². The highest BCUT2D eigenvalue weighted by Gasteiger charge is 2.25. The van der Waals surface area contributed by atoms with E-state index in [2.05, 4.69) is 31.3 Å². The van der Waals surface area contributed by atoms with Crippen LogP contribution in [0.15, 0.2) is 54.9 Å². The molecule has 34 heavy (non-hydrogen) atoms. The highest BCUT2D eigenvalue weighted by Crippen LogP contribution is 2.39. The van der Waals surface area contributed by atoms with E-state index in [0.717, 1.165) is 5.69 Å². The van der Waals surface area contributed by atoms with Gasteiger partial charge in [0.2, 0.25) is 0 Å². The first-order valence-electron chi connectivity index (χ1n) is 10.6. The zero-order valence-electron chi connectivity index (χ0n) is 18.5. The second-order valence-corrected chi connectivity index (χ2v) is 7.99. The number of pyridine rings is 2. The number of halogens is 1. The fraction of sp³-hybridized carbons (Fsp3) is 0.167. The van der Waals surface area contributed by atoms with Crippen molar-refractivity contribution in [2.75, 3.05) is 5.73 Å². The molecule has 10 heteroatoms. The quantitative estimate of drug-likeness (QED) is 0.427. The van der Waals surface area contributed by atoms with Gasteiger partial charge in [-0.15, -0.1) is 5.10 Å². The van der Waals surface area contributed by atoms with Gasteiger partial charge in [0.25, 0.3) is 0 Å². The SMILES string of the molecule is CC(C)n1nccc1-c1c(-c2ccccc2C#N)nc(N)c2nn(Cc3ncccc3F)nc12. The predicted molar refractivity (Wildman–Crippen MR) is 125 cm³/mol. The van der Waals surface area contributed by atoms with Crippen molar-refractivity contribution in [1.82, 2.24) is 34.7 Å². The molecule has 4 aromatic heterocycles. The number of hydrogen-bond acceptors (Lipinski definition) is 7. The topological polar surface area (TPSA) is 124 Å². The van der Waals surface area contributed by atoms with Crippen LogP contribution in [0.25, 0.3) is 33.5 Å². The van der Waals surface area contributed by atoms with Gasteiger partial charge in [-0.05, 0) is 38.1 Å². The van der Waals surface area contributed by atoms with Gasteiger partial charge in [0.1, 0.15) is 17.9 Å². The number of benzene rings is 1. The summed E-state index contributed by atoms with van der Waals surface area (Å²) in [5, 5.41) is 23.3. The molecule has 168 valence electrons. The van der Waals surface area contributed by atoms with Crippen molar-refractivity contribution in [2.45, 2.75) is 26.4 Å². The molecule has 4 heterocycles. The Morgan fingerprint density at radius 1 is 1.06 bits per heavy atom. The van der Waals surface area contributed by atoms with Crippen LogP contribution < -0.4 is 5.73 Å². The Morgan fingerprint density at radius 3 is 2.62 bits per heavy atom. The highest BCUT2D eigenvalue weighted by atomic mass is 19.1. The Bertz CT molecular complexity index is 1560. The molecule has 0 amide bonds. The zero-order valence-corrected chi connectivity index (χ0v) is 18.5. The molecule has 0 fully saturated rings. The van der Waals surface area contributed by atoms with Crippen molar-refractivity contribution < 1.29 is 4.39 Å². The molecule has 5 aromatic rings. The minimum atomic E-state index is -0.448. The molecule has 0 saturated carbocycles. The lowest BCUT2D eigenvalue weighted by atomic mass is 9.98. The third kappa shape index (κ3) is 3.53. The molecular weight excluding hydrogens is 433 g/mol. The van der Waals surface area contributed by atoms with Crippen LogP contribution in [-0.2, 0) is 6.54 Å². The molecule has 5 rings (SSSR count). The molecule has 2 N–H and O–H groups in total. The first kappa shape index (κ1) is 21.2. The lowest BCUT2D eigenvalue weighted by Crippen LogP contribution is -2.07. The number of fused-ring (bicyclic) bond motifs is 1. The summed E-state index contributed by atoms with van der Waals surface area (Å²) in [7, 11) is 0. The van der Waals surface area contributed by atoms with Gasteiger partial charge in [0.05, 0.1) is 34.3 Å². The van der Waals surface area contributed by atoms with Gasteiger partial charge in [0, 0.05) is 24.0 Å². The molecule has 0 radical (unpaired) electrons. The van der Waals surface area contributed by atoms with Crippen LogP contribution in [0.1, 0.15) is 31.1 Å². The Hall–Kier alpha value is -4.65. The maximum atomic E-state index is 14.2. The number of nitrogen functional groups attached to an aromatic ring is 1. The monoisotopic (exact) mass is 453 g/mol. The largest absolute Gasteiger partial charge is 0.382 e. The first-order valence-corrected chi connectivity index (χ1v) is 10.6. The fourth-order valence-electron chi connectivity index (χ4n) is 3.92. The lowest BCUT2D eigenvalue weighted by Gasteiger charge is -2.15. The highest BCUT2D eigenvalue weighted by molar-refractivity contribution is 6.02. The molecule has 0 aliphatic rings. The van der Waals surface area contributed by atoms with Crippen LogP contribution in [0, 0.1) is 17.1 Å². The standard InChI is InChI=1S/C24H20FN9/c1-14(2)34-19(9-11-29-34)20-21(16-7-4-3-6-15(16)12-26)30-24(27)23-22(20)31-33(32-23)13-18-17(25)8-5-10-28-18/h3-11,14H,13H2,1-2H3,(H2,27,30). The maximum Gasteiger partial charge on any atom is 0.156 e. The normalized spacial score (nSPS) is 11.3. The van der Waals surface area contributed by atoms with Gasteiger partial charge >= 0.3 is 0 Å². The molecule has 0 saturated heterocycles. The number of hydrogen-bond donors (Lipinski definition) is 1. The van der Waals surface area contributed by atoms with Crippen molar-refractivity contribution in [1.29, 1.82) is 5.26 Å². The van der Waals surface area contributed by atoms with Crippen LogP contribution >= 0.6 is 0 Å². The Balaban J connectivity index is 1.81. The number of aromatic nitrogens is 7. The van der Waals surface area contributed by atoms with E-state index in [1.54, 1.807) is 18.3 Å². The van der Waals surface area contributed by atoms with E-state index in [9.17, 15) is 9.65 Å². The lowest BCUT2D eigenvalue weighted by molar-refractivity contribution is 0.537. The average Bonchev–Trinajstić information content (AvgIpc) is 3.48. The van der Waals surface area contributed by atoms with Gasteiger partial charge in [-0.25, -0.2) is 9.37 Å². The summed E-state index contributed by atoms with van der Waals surface area (Å²) < 4.78 is 16.1. The average molecular weight is 453 g/mol. The number of rotatable bonds is 5. The molecule has 0 spiro atoms. The number of nitriles is 1. The van der Waals surface area contributed by atoms with Crippen molar-refractivity contribution in [2.24, 2.45) is 0 Å². The van der Waals surface area contributed by atoms with E-state index in [0.29, 0.717) is 33.4 Å². The second kappa shape index (κ2) is 8.37. The number of nitrogens with zero attached hydrogens (tertiary/aromatic N) is 8. The Kier molecular flexibility index (Phi) is 5.22. The van der Waals surface area contributed by atoms with Gasteiger partial charge in [-0.2, -0.15) is 20.3 Å². The van der Waals surface area contributed by atoms with Crippen LogP contribution in [-0.4, -0.2) is 34.7 Å². The van der Waals surface area contributed by atoms with E-state index >= 15 is 0 Å². The van der Waals surface area contributed by atoms with Crippen LogP contribution in [0.4, 0.5) is 10.2 Å². The smallest absolute Gasteiger partial charge is 0.156 e. The van der Waals surface area contributed by atoms with E-state index in [1.807, 2.05) is 36.7 Å². The third-order valence-corrected chi connectivity index (χ3v) is 5.45. The van der Waals surface area contributed by atoms with Crippen molar-refractivity contribution >= 4 is 16.9 Å². The molecule has 0 aliphatic heterocycles. The van der Waals surface area contributed by atoms with Crippen molar-refractivity contribution in [3.8, 4) is 28.6 Å². The van der Waals surface area contributed by atoms with Crippen molar-refractivity contribution in [3.63, 3.8) is 0 Å². The van der Waals surface area contributed by atoms with E-state index in [-0.39, 0.29) is 24.1 Å². The number of anilines is 1. The Morgan fingerprint density at radius 2 is 1.85 bits per heavy atom.